The molecule has 0 aromatic carbocycles. The highest BCUT2D eigenvalue weighted by atomic mass is 32.2. The van der Waals surface area contributed by atoms with Gasteiger partial charge in [-0.25, -0.2) is 4.98 Å². The van der Waals surface area contributed by atoms with Gasteiger partial charge in [0.1, 0.15) is 10.7 Å². The SMILES string of the molecule is CCCCCCNC(=O)CCSCc1nc2sc3c(c2c(=O)[nH]1)CCC3. The van der Waals surface area contributed by atoms with Crippen molar-refractivity contribution in [1.82, 2.24) is 15.3 Å². The third kappa shape index (κ3) is 4.88. The third-order valence-electron chi connectivity index (χ3n) is 4.69. The molecule has 0 saturated carbocycles. The standard InChI is InChI=1S/C19H27N3O2S2/c1-2-3-4-5-10-20-16(23)9-11-25-12-15-21-18(24)17-13-7-6-8-14(13)26-19(17)22-15/h2-12H2,1H3,(H,20,23)(H,21,22,24). The van der Waals surface area contributed by atoms with E-state index in [0.717, 1.165) is 48.2 Å². The number of aromatic amines is 1. The van der Waals surface area contributed by atoms with Gasteiger partial charge >= 0.3 is 0 Å². The van der Waals surface area contributed by atoms with Gasteiger partial charge in [-0.15, -0.1) is 11.3 Å². The summed E-state index contributed by atoms with van der Waals surface area (Å²) in [5.74, 6) is 2.20. The summed E-state index contributed by atoms with van der Waals surface area (Å²) in [6.07, 6.45) is 8.42. The first kappa shape index (κ1) is 19.4. The fourth-order valence-electron chi connectivity index (χ4n) is 3.32. The molecule has 2 aromatic heterocycles. The molecule has 0 aliphatic heterocycles. The van der Waals surface area contributed by atoms with Crippen LogP contribution >= 0.6 is 23.1 Å². The Hall–Kier alpha value is -1.34. The van der Waals surface area contributed by atoms with Crippen molar-refractivity contribution in [2.24, 2.45) is 0 Å². The molecular weight excluding hydrogens is 366 g/mol. The Labute approximate surface area is 162 Å². The van der Waals surface area contributed by atoms with E-state index in [1.54, 1.807) is 23.1 Å². The molecular formula is C19H27N3O2S2. The summed E-state index contributed by atoms with van der Waals surface area (Å²) in [6, 6.07) is 0. The smallest absolute Gasteiger partial charge is 0.259 e. The van der Waals surface area contributed by atoms with Crippen molar-refractivity contribution < 1.29 is 4.79 Å². The van der Waals surface area contributed by atoms with Crippen LogP contribution in [0.15, 0.2) is 4.79 Å². The molecule has 1 aliphatic carbocycles. The second-order valence-corrected chi connectivity index (χ2v) is 8.95. The molecule has 0 fully saturated rings. The third-order valence-corrected chi connectivity index (χ3v) is 6.84. The Kier molecular flexibility index (Phi) is 7.14. The second kappa shape index (κ2) is 9.55. The molecule has 0 saturated heterocycles. The molecule has 1 aliphatic rings. The van der Waals surface area contributed by atoms with Crippen LogP contribution in [0.1, 0.15) is 61.7 Å². The predicted octanol–water partition coefficient (Wildman–Crippen LogP) is 3.79. The molecule has 3 rings (SSSR count). The molecule has 0 bridgehead atoms. The van der Waals surface area contributed by atoms with Crippen molar-refractivity contribution in [1.29, 1.82) is 0 Å². The van der Waals surface area contributed by atoms with Crippen molar-refractivity contribution in [3.05, 3.63) is 26.6 Å². The average Bonchev–Trinajstić information content (AvgIpc) is 3.19. The Morgan fingerprint density at radius 3 is 3.04 bits per heavy atom. The van der Waals surface area contributed by atoms with Gasteiger partial charge in [-0.1, -0.05) is 26.2 Å². The van der Waals surface area contributed by atoms with Gasteiger partial charge in [0.15, 0.2) is 0 Å². The Morgan fingerprint density at radius 1 is 1.31 bits per heavy atom. The number of H-pyrrole nitrogens is 1. The maximum Gasteiger partial charge on any atom is 0.259 e. The largest absolute Gasteiger partial charge is 0.356 e. The van der Waals surface area contributed by atoms with Crippen molar-refractivity contribution in [3.63, 3.8) is 0 Å². The van der Waals surface area contributed by atoms with Crippen LogP contribution in [-0.2, 0) is 23.4 Å². The van der Waals surface area contributed by atoms with E-state index in [1.807, 2.05) is 0 Å². The number of unbranched alkanes of at least 4 members (excludes halogenated alkanes) is 3. The molecule has 26 heavy (non-hydrogen) atoms. The zero-order chi connectivity index (χ0) is 18.4. The molecule has 142 valence electrons. The van der Waals surface area contributed by atoms with Gasteiger partial charge in [0, 0.05) is 23.6 Å². The molecule has 2 heterocycles. The first-order valence-electron chi connectivity index (χ1n) is 9.57. The summed E-state index contributed by atoms with van der Waals surface area (Å²) in [5.41, 5.74) is 1.21. The van der Waals surface area contributed by atoms with E-state index in [4.69, 9.17) is 0 Å². The number of aryl methyl sites for hydroxylation is 2. The highest BCUT2D eigenvalue weighted by Crippen LogP contribution is 2.34. The molecule has 0 radical (unpaired) electrons. The van der Waals surface area contributed by atoms with Gasteiger partial charge in [-0.05, 0) is 31.2 Å². The molecule has 0 spiro atoms. The minimum Gasteiger partial charge on any atom is -0.356 e. The van der Waals surface area contributed by atoms with Crippen LogP contribution in [0.4, 0.5) is 0 Å². The zero-order valence-electron chi connectivity index (χ0n) is 15.4. The highest BCUT2D eigenvalue weighted by molar-refractivity contribution is 7.98. The summed E-state index contributed by atoms with van der Waals surface area (Å²) < 4.78 is 0. The van der Waals surface area contributed by atoms with E-state index in [1.165, 1.54) is 29.7 Å². The highest BCUT2D eigenvalue weighted by Gasteiger charge is 2.20. The number of fused-ring (bicyclic) bond motifs is 3. The number of carbonyl (C=O) groups is 1. The summed E-state index contributed by atoms with van der Waals surface area (Å²) >= 11 is 3.31. The lowest BCUT2D eigenvalue weighted by Crippen LogP contribution is -2.24. The Bertz CT molecular complexity index is 813. The van der Waals surface area contributed by atoms with E-state index in [9.17, 15) is 9.59 Å². The van der Waals surface area contributed by atoms with E-state index in [2.05, 4.69) is 22.2 Å². The van der Waals surface area contributed by atoms with Crippen molar-refractivity contribution >= 4 is 39.2 Å². The van der Waals surface area contributed by atoms with E-state index in [-0.39, 0.29) is 11.5 Å². The van der Waals surface area contributed by atoms with Crippen LogP contribution in [0.5, 0.6) is 0 Å². The lowest BCUT2D eigenvalue weighted by Gasteiger charge is -2.05. The monoisotopic (exact) mass is 393 g/mol. The van der Waals surface area contributed by atoms with Gasteiger partial charge in [0.25, 0.3) is 5.56 Å². The number of hydrogen-bond donors (Lipinski definition) is 2. The van der Waals surface area contributed by atoms with Crippen LogP contribution < -0.4 is 10.9 Å². The Morgan fingerprint density at radius 2 is 2.19 bits per heavy atom. The van der Waals surface area contributed by atoms with E-state index >= 15 is 0 Å². The number of thioether (sulfide) groups is 1. The quantitative estimate of drug-likeness (QED) is 0.602. The first-order chi connectivity index (χ1) is 12.7. The summed E-state index contributed by atoms with van der Waals surface area (Å²) in [4.78, 5) is 34.0. The fourth-order valence-corrected chi connectivity index (χ4v) is 5.40. The van der Waals surface area contributed by atoms with Crippen LogP contribution in [0.25, 0.3) is 10.2 Å². The summed E-state index contributed by atoms with van der Waals surface area (Å²) in [6.45, 7) is 2.96. The van der Waals surface area contributed by atoms with Crippen LogP contribution in [0, 0.1) is 0 Å². The fraction of sp³-hybridized carbons (Fsp3) is 0.632. The van der Waals surface area contributed by atoms with Gasteiger partial charge in [0.05, 0.1) is 11.1 Å². The number of aromatic nitrogens is 2. The maximum atomic E-state index is 12.4. The maximum absolute atomic E-state index is 12.4. The molecule has 1 amide bonds. The lowest BCUT2D eigenvalue weighted by atomic mass is 10.2. The molecule has 5 nitrogen and oxygen atoms in total. The van der Waals surface area contributed by atoms with Crippen LogP contribution in [-0.4, -0.2) is 28.2 Å². The normalized spacial score (nSPS) is 13.3. The number of amides is 1. The van der Waals surface area contributed by atoms with Crippen molar-refractivity contribution in [3.8, 4) is 0 Å². The minimum absolute atomic E-state index is 0.00479. The molecule has 0 unspecified atom stereocenters. The van der Waals surface area contributed by atoms with Crippen LogP contribution in [0.2, 0.25) is 0 Å². The number of thiophene rings is 1. The van der Waals surface area contributed by atoms with Gasteiger partial charge in [-0.3, -0.25) is 9.59 Å². The Balaban J connectivity index is 1.43. The van der Waals surface area contributed by atoms with Crippen molar-refractivity contribution in [2.75, 3.05) is 12.3 Å². The second-order valence-electron chi connectivity index (χ2n) is 6.76. The number of rotatable bonds is 10. The van der Waals surface area contributed by atoms with Crippen molar-refractivity contribution in [2.45, 2.75) is 64.0 Å². The topological polar surface area (TPSA) is 74.8 Å². The first-order valence-corrected chi connectivity index (χ1v) is 11.5. The number of carbonyl (C=O) groups excluding carboxylic acids is 1. The average molecular weight is 394 g/mol. The molecule has 7 heteroatoms. The van der Waals surface area contributed by atoms with E-state index < -0.39 is 0 Å². The molecule has 2 aromatic rings. The molecule has 0 atom stereocenters. The number of nitrogens with zero attached hydrogens (tertiary/aromatic N) is 1. The predicted molar refractivity (Wildman–Crippen MR) is 110 cm³/mol. The van der Waals surface area contributed by atoms with Gasteiger partial charge in [-0.2, -0.15) is 11.8 Å². The lowest BCUT2D eigenvalue weighted by molar-refractivity contribution is -0.120. The van der Waals surface area contributed by atoms with Gasteiger partial charge in [0.2, 0.25) is 5.91 Å². The van der Waals surface area contributed by atoms with E-state index in [0.29, 0.717) is 18.0 Å². The van der Waals surface area contributed by atoms with Gasteiger partial charge < -0.3 is 10.3 Å². The zero-order valence-corrected chi connectivity index (χ0v) is 17.0. The minimum atomic E-state index is -0.00479. The number of hydrogen-bond acceptors (Lipinski definition) is 5. The number of nitrogens with one attached hydrogen (secondary N) is 2. The molecule has 2 N–H and O–H groups in total. The summed E-state index contributed by atoms with van der Waals surface area (Å²) in [7, 11) is 0. The van der Waals surface area contributed by atoms with Crippen LogP contribution in [0.3, 0.4) is 0 Å². The summed E-state index contributed by atoms with van der Waals surface area (Å²) in [5, 5.41) is 3.78.